The SMILES string of the molecule is CN(CCO)c1ccnc2sc3c(=O)n(-c4ccc5occc5c4)cnc3c12. The minimum Gasteiger partial charge on any atom is -0.464 e. The summed E-state index contributed by atoms with van der Waals surface area (Å²) in [6.07, 6.45) is 4.90. The van der Waals surface area contributed by atoms with E-state index in [1.165, 1.54) is 11.3 Å². The van der Waals surface area contributed by atoms with E-state index in [1.807, 2.05) is 42.3 Å². The average molecular weight is 392 g/mol. The van der Waals surface area contributed by atoms with Crippen molar-refractivity contribution in [2.75, 3.05) is 25.1 Å². The van der Waals surface area contributed by atoms with Crippen molar-refractivity contribution in [3.8, 4) is 5.69 Å². The van der Waals surface area contributed by atoms with Crippen molar-refractivity contribution in [3.05, 3.63) is 59.5 Å². The van der Waals surface area contributed by atoms with Gasteiger partial charge in [-0.15, -0.1) is 11.3 Å². The molecule has 0 aliphatic carbocycles. The summed E-state index contributed by atoms with van der Waals surface area (Å²) in [6, 6.07) is 9.33. The van der Waals surface area contributed by atoms with Crippen LogP contribution in [-0.4, -0.2) is 39.8 Å². The number of hydrogen-bond donors (Lipinski definition) is 1. The van der Waals surface area contributed by atoms with Crippen molar-refractivity contribution in [2.24, 2.45) is 0 Å². The molecule has 0 amide bonds. The van der Waals surface area contributed by atoms with Crippen LogP contribution >= 0.6 is 11.3 Å². The standard InChI is InChI=1S/C20H16N4O3S/c1-23(7-8-25)14-4-6-21-19-16(14)17-18(28-19)20(26)24(11-22-17)13-2-3-15-12(10-13)5-9-27-15/h2-6,9-11,25H,7-8H2,1H3. The molecule has 0 bridgehead atoms. The van der Waals surface area contributed by atoms with E-state index in [2.05, 4.69) is 9.97 Å². The highest BCUT2D eigenvalue weighted by atomic mass is 32.1. The lowest BCUT2D eigenvalue weighted by Crippen LogP contribution is -2.21. The van der Waals surface area contributed by atoms with Crippen LogP contribution in [0.15, 0.2) is 58.3 Å². The number of anilines is 1. The Morgan fingerprint density at radius 2 is 2.14 bits per heavy atom. The van der Waals surface area contributed by atoms with Crippen LogP contribution in [0.2, 0.25) is 0 Å². The molecular weight excluding hydrogens is 376 g/mol. The maximum absolute atomic E-state index is 13.2. The first-order chi connectivity index (χ1) is 13.7. The number of furan rings is 1. The van der Waals surface area contributed by atoms with Crippen LogP contribution in [0.5, 0.6) is 0 Å². The number of likely N-dealkylation sites (N-methyl/N-ethyl adjacent to an activating group) is 1. The molecule has 0 spiro atoms. The third-order valence-corrected chi connectivity index (χ3v) is 5.90. The van der Waals surface area contributed by atoms with Gasteiger partial charge in [0.2, 0.25) is 0 Å². The second kappa shape index (κ2) is 6.43. The van der Waals surface area contributed by atoms with E-state index >= 15 is 0 Å². The van der Waals surface area contributed by atoms with E-state index in [0.717, 1.165) is 32.6 Å². The van der Waals surface area contributed by atoms with Crippen molar-refractivity contribution >= 4 is 48.4 Å². The zero-order valence-corrected chi connectivity index (χ0v) is 15.8. The summed E-state index contributed by atoms with van der Waals surface area (Å²) < 4.78 is 7.47. The molecule has 1 N–H and O–H groups in total. The third-order valence-electron chi connectivity index (χ3n) is 4.82. The maximum Gasteiger partial charge on any atom is 0.275 e. The van der Waals surface area contributed by atoms with Crippen molar-refractivity contribution in [1.29, 1.82) is 0 Å². The van der Waals surface area contributed by atoms with Gasteiger partial charge in [-0.25, -0.2) is 9.97 Å². The zero-order valence-electron chi connectivity index (χ0n) is 15.0. The molecule has 8 heteroatoms. The van der Waals surface area contributed by atoms with Gasteiger partial charge in [-0.1, -0.05) is 0 Å². The summed E-state index contributed by atoms with van der Waals surface area (Å²) in [6.45, 7) is 0.525. The van der Waals surface area contributed by atoms with Gasteiger partial charge in [-0.3, -0.25) is 9.36 Å². The number of aliphatic hydroxyl groups is 1. The van der Waals surface area contributed by atoms with Crippen LogP contribution < -0.4 is 10.5 Å². The number of rotatable bonds is 4. The molecule has 0 aliphatic rings. The van der Waals surface area contributed by atoms with Gasteiger partial charge in [0.1, 0.15) is 27.0 Å². The van der Waals surface area contributed by atoms with E-state index in [1.54, 1.807) is 23.4 Å². The highest BCUT2D eigenvalue weighted by Gasteiger charge is 2.18. The Hall–Kier alpha value is -3.23. The minimum absolute atomic E-state index is 0.0408. The Labute approximate surface area is 163 Å². The summed E-state index contributed by atoms with van der Waals surface area (Å²) in [5, 5.41) is 11.0. The van der Waals surface area contributed by atoms with Crippen LogP contribution in [0, 0.1) is 0 Å². The van der Waals surface area contributed by atoms with Gasteiger partial charge in [-0.2, -0.15) is 0 Å². The van der Waals surface area contributed by atoms with Crippen LogP contribution in [-0.2, 0) is 0 Å². The van der Waals surface area contributed by atoms with Gasteiger partial charge in [0, 0.05) is 25.2 Å². The number of nitrogens with zero attached hydrogens (tertiary/aromatic N) is 4. The quantitative estimate of drug-likeness (QED) is 0.506. The Kier molecular flexibility index (Phi) is 3.88. The van der Waals surface area contributed by atoms with Crippen molar-refractivity contribution < 1.29 is 9.52 Å². The van der Waals surface area contributed by atoms with Gasteiger partial charge in [0.05, 0.1) is 29.6 Å². The molecule has 4 heterocycles. The van der Waals surface area contributed by atoms with E-state index < -0.39 is 0 Å². The Morgan fingerprint density at radius 3 is 3.00 bits per heavy atom. The monoisotopic (exact) mass is 392 g/mol. The molecule has 4 aromatic heterocycles. The molecule has 0 aliphatic heterocycles. The van der Waals surface area contributed by atoms with Crippen molar-refractivity contribution in [2.45, 2.75) is 0 Å². The highest BCUT2D eigenvalue weighted by Crippen LogP contribution is 2.35. The van der Waals surface area contributed by atoms with E-state index in [-0.39, 0.29) is 12.2 Å². The molecule has 0 atom stereocenters. The fraction of sp³-hybridized carbons (Fsp3) is 0.150. The first kappa shape index (κ1) is 16.9. The molecule has 5 rings (SSSR count). The number of thiophene rings is 1. The van der Waals surface area contributed by atoms with Crippen LogP contribution in [0.4, 0.5) is 5.69 Å². The molecule has 140 valence electrons. The average Bonchev–Trinajstić information content (AvgIpc) is 3.32. The predicted octanol–water partition coefficient (Wildman–Crippen LogP) is 3.17. The van der Waals surface area contributed by atoms with Gasteiger partial charge >= 0.3 is 0 Å². The second-order valence-electron chi connectivity index (χ2n) is 6.50. The minimum atomic E-state index is -0.133. The molecule has 28 heavy (non-hydrogen) atoms. The lowest BCUT2D eigenvalue weighted by atomic mass is 10.2. The van der Waals surface area contributed by atoms with Crippen LogP contribution in [0.3, 0.4) is 0 Å². The summed E-state index contributed by atoms with van der Waals surface area (Å²) in [7, 11) is 1.90. The van der Waals surface area contributed by atoms with E-state index in [0.29, 0.717) is 16.8 Å². The highest BCUT2D eigenvalue weighted by molar-refractivity contribution is 7.25. The molecule has 0 radical (unpaired) electrons. The number of fused-ring (bicyclic) bond motifs is 4. The fourth-order valence-corrected chi connectivity index (χ4v) is 4.46. The number of benzene rings is 1. The molecule has 5 aromatic rings. The Morgan fingerprint density at radius 1 is 1.25 bits per heavy atom. The molecule has 0 fully saturated rings. The third kappa shape index (κ3) is 2.49. The second-order valence-corrected chi connectivity index (χ2v) is 7.50. The first-order valence-electron chi connectivity index (χ1n) is 8.76. The lowest BCUT2D eigenvalue weighted by Gasteiger charge is -2.18. The number of hydrogen-bond acceptors (Lipinski definition) is 7. The number of aliphatic hydroxyl groups excluding tert-OH is 1. The largest absolute Gasteiger partial charge is 0.464 e. The van der Waals surface area contributed by atoms with Gasteiger partial charge in [-0.05, 0) is 30.3 Å². The van der Waals surface area contributed by atoms with Gasteiger partial charge < -0.3 is 14.4 Å². The Bertz CT molecular complexity index is 1390. The van der Waals surface area contributed by atoms with E-state index in [4.69, 9.17) is 4.42 Å². The molecule has 7 nitrogen and oxygen atoms in total. The summed E-state index contributed by atoms with van der Waals surface area (Å²) in [5.41, 5.74) is 2.91. The predicted molar refractivity (Wildman–Crippen MR) is 111 cm³/mol. The molecule has 0 saturated carbocycles. The Balaban J connectivity index is 1.75. The summed E-state index contributed by atoms with van der Waals surface area (Å²) in [5.74, 6) is 0. The molecule has 0 unspecified atom stereocenters. The lowest BCUT2D eigenvalue weighted by molar-refractivity contribution is 0.304. The maximum atomic E-state index is 13.2. The normalized spacial score (nSPS) is 11.6. The number of aromatic nitrogens is 3. The molecule has 1 aromatic carbocycles. The van der Waals surface area contributed by atoms with Gasteiger partial charge in [0.25, 0.3) is 5.56 Å². The first-order valence-corrected chi connectivity index (χ1v) is 9.57. The number of pyridine rings is 1. The smallest absolute Gasteiger partial charge is 0.275 e. The summed E-state index contributed by atoms with van der Waals surface area (Å²) >= 11 is 1.34. The fourth-order valence-electron chi connectivity index (χ4n) is 3.41. The van der Waals surface area contributed by atoms with Crippen molar-refractivity contribution in [3.63, 3.8) is 0 Å². The summed E-state index contributed by atoms with van der Waals surface area (Å²) in [4.78, 5) is 24.9. The molecule has 0 saturated heterocycles. The van der Waals surface area contributed by atoms with Gasteiger partial charge in [0.15, 0.2) is 0 Å². The zero-order chi connectivity index (χ0) is 19.3. The van der Waals surface area contributed by atoms with Crippen LogP contribution in [0.1, 0.15) is 0 Å². The van der Waals surface area contributed by atoms with Crippen molar-refractivity contribution in [1.82, 2.24) is 14.5 Å². The van der Waals surface area contributed by atoms with Crippen LogP contribution in [0.25, 0.3) is 37.1 Å². The van der Waals surface area contributed by atoms with E-state index in [9.17, 15) is 9.90 Å². The topological polar surface area (TPSA) is 84.4 Å². The molecular formula is C20H16N4O3S.